The highest BCUT2D eigenvalue weighted by molar-refractivity contribution is 5.74. The van der Waals surface area contributed by atoms with Gasteiger partial charge in [0.2, 0.25) is 6.29 Å². The molecule has 0 amide bonds. The summed E-state index contributed by atoms with van der Waals surface area (Å²) in [5.41, 5.74) is 0.232. The highest BCUT2D eigenvalue weighted by Gasteiger charge is 2.32. The fourth-order valence-electron chi connectivity index (χ4n) is 0.958. The van der Waals surface area contributed by atoms with Crippen LogP contribution in [0.25, 0.3) is 6.08 Å². The van der Waals surface area contributed by atoms with E-state index in [4.69, 9.17) is 0 Å². The third-order valence-electron chi connectivity index (χ3n) is 1.53. The summed E-state index contributed by atoms with van der Waals surface area (Å²) in [5, 5.41) is 0. The molecule has 1 rings (SSSR count). The second kappa shape index (κ2) is 4.78. The van der Waals surface area contributed by atoms with Crippen molar-refractivity contribution in [3.8, 4) is 5.75 Å². The van der Waals surface area contributed by atoms with E-state index in [0.717, 1.165) is 18.2 Å². The SMILES string of the molecule is O=[C]C=Cc1ccc(OC(F)(F)F)c(F)c1. The molecule has 0 N–H and O–H groups in total. The largest absolute Gasteiger partial charge is 0.573 e. The third kappa shape index (κ3) is 3.72. The molecule has 85 valence electrons. The van der Waals surface area contributed by atoms with Crippen LogP contribution in [-0.2, 0) is 4.79 Å². The first-order valence-corrected chi connectivity index (χ1v) is 4.02. The maximum Gasteiger partial charge on any atom is 0.573 e. The third-order valence-corrected chi connectivity index (χ3v) is 1.53. The van der Waals surface area contributed by atoms with Crippen LogP contribution in [0.15, 0.2) is 24.3 Å². The predicted molar refractivity (Wildman–Crippen MR) is 47.8 cm³/mol. The van der Waals surface area contributed by atoms with Gasteiger partial charge in [-0.05, 0) is 23.8 Å². The van der Waals surface area contributed by atoms with Crippen molar-refractivity contribution in [2.24, 2.45) is 0 Å². The summed E-state index contributed by atoms with van der Waals surface area (Å²) in [5.74, 6) is -2.08. The Labute approximate surface area is 88.1 Å². The van der Waals surface area contributed by atoms with Gasteiger partial charge in [-0.1, -0.05) is 12.1 Å². The average molecular weight is 233 g/mol. The zero-order valence-electron chi connectivity index (χ0n) is 7.72. The second-order valence-corrected chi connectivity index (χ2v) is 2.69. The van der Waals surface area contributed by atoms with E-state index < -0.39 is 17.9 Å². The van der Waals surface area contributed by atoms with Gasteiger partial charge in [0.15, 0.2) is 11.6 Å². The molecule has 6 heteroatoms. The van der Waals surface area contributed by atoms with Gasteiger partial charge in [0, 0.05) is 0 Å². The topological polar surface area (TPSA) is 26.3 Å². The van der Waals surface area contributed by atoms with Crippen LogP contribution in [-0.4, -0.2) is 12.6 Å². The number of rotatable bonds is 3. The molecular weight excluding hydrogens is 228 g/mol. The smallest absolute Gasteiger partial charge is 0.403 e. The normalized spacial score (nSPS) is 11.8. The number of carbonyl (C=O) groups excluding carboxylic acids is 1. The molecule has 1 aromatic carbocycles. The van der Waals surface area contributed by atoms with Crippen LogP contribution in [0.3, 0.4) is 0 Å². The Balaban J connectivity index is 2.91. The first-order valence-electron chi connectivity index (χ1n) is 4.02. The molecule has 16 heavy (non-hydrogen) atoms. The molecule has 0 saturated heterocycles. The fraction of sp³-hybridized carbons (Fsp3) is 0.100. The molecule has 0 aliphatic heterocycles. The molecule has 0 saturated carbocycles. The maximum atomic E-state index is 13.1. The summed E-state index contributed by atoms with van der Waals surface area (Å²) in [6, 6.07) is 2.82. The van der Waals surface area contributed by atoms with E-state index in [-0.39, 0.29) is 5.56 Å². The molecule has 1 aromatic rings. The average Bonchev–Trinajstić information content (AvgIpc) is 2.17. The van der Waals surface area contributed by atoms with Gasteiger partial charge < -0.3 is 4.74 Å². The minimum absolute atomic E-state index is 0.232. The number of alkyl halides is 3. The lowest BCUT2D eigenvalue weighted by atomic mass is 10.2. The standard InChI is InChI=1S/C10H5F4O2/c11-8-6-7(2-1-5-15)3-4-9(8)16-10(12,13)14/h1-4,6H. The summed E-state index contributed by atoms with van der Waals surface area (Å²) in [6.45, 7) is 0. The lowest BCUT2D eigenvalue weighted by molar-refractivity contribution is -0.275. The van der Waals surface area contributed by atoms with Gasteiger partial charge >= 0.3 is 6.36 Å². The minimum atomic E-state index is -4.94. The predicted octanol–water partition coefficient (Wildman–Crippen LogP) is 2.85. The van der Waals surface area contributed by atoms with Crippen LogP contribution < -0.4 is 4.74 Å². The molecule has 0 fully saturated rings. The molecule has 0 spiro atoms. The van der Waals surface area contributed by atoms with Crippen LogP contribution in [0.5, 0.6) is 5.75 Å². The second-order valence-electron chi connectivity index (χ2n) is 2.69. The van der Waals surface area contributed by atoms with Gasteiger partial charge in [0.25, 0.3) is 0 Å². The Hall–Kier alpha value is -1.85. The Bertz CT molecular complexity index is 410. The van der Waals surface area contributed by atoms with Crippen molar-refractivity contribution in [2.75, 3.05) is 0 Å². The molecule has 0 aliphatic rings. The zero-order chi connectivity index (χ0) is 12.2. The molecule has 0 bridgehead atoms. The first kappa shape index (κ1) is 12.2. The molecule has 0 aromatic heterocycles. The Morgan fingerprint density at radius 3 is 2.50 bits per heavy atom. The molecule has 0 aliphatic carbocycles. The van der Waals surface area contributed by atoms with Crippen molar-refractivity contribution >= 4 is 12.4 Å². The van der Waals surface area contributed by atoms with Crippen molar-refractivity contribution < 1.29 is 27.1 Å². The summed E-state index contributed by atoms with van der Waals surface area (Å²) in [6.07, 6.45) is -1.34. The lowest BCUT2D eigenvalue weighted by Crippen LogP contribution is -2.17. The van der Waals surface area contributed by atoms with Gasteiger partial charge in [-0.2, -0.15) is 0 Å². The number of hydrogen-bond acceptors (Lipinski definition) is 2. The molecule has 0 heterocycles. The number of ether oxygens (including phenoxy) is 1. The van der Waals surface area contributed by atoms with Gasteiger partial charge in [0.1, 0.15) is 0 Å². The van der Waals surface area contributed by atoms with Crippen LogP contribution in [0.2, 0.25) is 0 Å². The number of allylic oxidation sites excluding steroid dienone is 1. The van der Waals surface area contributed by atoms with Gasteiger partial charge in [-0.3, -0.25) is 4.79 Å². The summed E-state index contributed by atoms with van der Waals surface area (Å²) in [7, 11) is 0. The summed E-state index contributed by atoms with van der Waals surface area (Å²) < 4.78 is 51.8. The van der Waals surface area contributed by atoms with E-state index in [9.17, 15) is 22.4 Å². The Kier molecular flexibility index (Phi) is 3.65. The molecule has 2 nitrogen and oxygen atoms in total. The highest BCUT2D eigenvalue weighted by Crippen LogP contribution is 2.26. The van der Waals surface area contributed by atoms with Crippen molar-refractivity contribution in [2.45, 2.75) is 6.36 Å². The van der Waals surface area contributed by atoms with Gasteiger partial charge in [-0.25, -0.2) is 4.39 Å². The van der Waals surface area contributed by atoms with Crippen molar-refractivity contribution in [3.05, 3.63) is 35.7 Å². The lowest BCUT2D eigenvalue weighted by Gasteiger charge is -2.09. The van der Waals surface area contributed by atoms with Crippen molar-refractivity contribution in [1.82, 2.24) is 0 Å². The van der Waals surface area contributed by atoms with E-state index in [1.165, 1.54) is 18.4 Å². The highest BCUT2D eigenvalue weighted by atomic mass is 19.4. The van der Waals surface area contributed by atoms with Crippen LogP contribution in [0, 0.1) is 5.82 Å². The summed E-state index contributed by atoms with van der Waals surface area (Å²) >= 11 is 0. The Morgan fingerprint density at radius 1 is 1.31 bits per heavy atom. The minimum Gasteiger partial charge on any atom is -0.403 e. The van der Waals surface area contributed by atoms with E-state index in [2.05, 4.69) is 4.74 Å². The molecule has 0 unspecified atom stereocenters. The van der Waals surface area contributed by atoms with E-state index in [1.807, 2.05) is 0 Å². The van der Waals surface area contributed by atoms with Crippen molar-refractivity contribution in [1.29, 1.82) is 0 Å². The van der Waals surface area contributed by atoms with Crippen LogP contribution in [0.4, 0.5) is 17.6 Å². The quantitative estimate of drug-likeness (QED) is 0.592. The van der Waals surface area contributed by atoms with Crippen molar-refractivity contribution in [3.63, 3.8) is 0 Å². The zero-order valence-corrected chi connectivity index (χ0v) is 7.72. The molecular formula is C10H5F4O2. The monoisotopic (exact) mass is 233 g/mol. The first-order chi connectivity index (χ1) is 7.42. The Morgan fingerprint density at radius 2 is 2.00 bits per heavy atom. The van der Waals surface area contributed by atoms with E-state index in [1.54, 1.807) is 0 Å². The van der Waals surface area contributed by atoms with Gasteiger partial charge in [-0.15, -0.1) is 13.2 Å². The van der Waals surface area contributed by atoms with Crippen LogP contribution >= 0.6 is 0 Å². The van der Waals surface area contributed by atoms with E-state index >= 15 is 0 Å². The molecule has 1 radical (unpaired) electrons. The number of halogens is 4. The van der Waals surface area contributed by atoms with Crippen LogP contribution in [0.1, 0.15) is 5.56 Å². The number of benzene rings is 1. The molecule has 0 atom stereocenters. The number of hydrogen-bond donors (Lipinski definition) is 0. The summed E-state index contributed by atoms with van der Waals surface area (Å²) in [4.78, 5) is 9.84. The van der Waals surface area contributed by atoms with E-state index in [0.29, 0.717) is 0 Å². The fourth-order valence-corrected chi connectivity index (χ4v) is 0.958. The maximum absolute atomic E-state index is 13.1. The van der Waals surface area contributed by atoms with Gasteiger partial charge in [0.05, 0.1) is 0 Å².